The Morgan fingerprint density at radius 3 is 2.45 bits per heavy atom. The first-order valence-electron chi connectivity index (χ1n) is 5.94. The van der Waals surface area contributed by atoms with Crippen LogP contribution in [-0.4, -0.2) is 4.92 Å². The summed E-state index contributed by atoms with van der Waals surface area (Å²) < 4.78 is 12.7. The second-order valence-corrected chi connectivity index (χ2v) is 4.67. The number of nitro groups is 1. The molecule has 0 aliphatic heterocycles. The van der Waals surface area contributed by atoms with E-state index in [0.29, 0.717) is 18.1 Å². The van der Waals surface area contributed by atoms with Gasteiger partial charge in [-0.2, -0.15) is 0 Å². The van der Waals surface area contributed by atoms with Gasteiger partial charge in [0.05, 0.1) is 9.95 Å². The second kappa shape index (κ2) is 6.45. The van der Waals surface area contributed by atoms with Gasteiger partial charge in [-0.3, -0.25) is 10.1 Å². The highest BCUT2D eigenvalue weighted by Crippen LogP contribution is 2.22. The van der Waals surface area contributed by atoms with Gasteiger partial charge in [-0.1, -0.05) is 23.7 Å². The summed E-state index contributed by atoms with van der Waals surface area (Å²) in [6, 6.07) is 10.6. The molecular weight excluding hydrogens is 283 g/mol. The maximum Gasteiger partial charge on any atom is 0.270 e. The molecule has 0 fully saturated rings. The molecule has 2 rings (SSSR count). The lowest BCUT2D eigenvalue weighted by atomic mass is 10.2. The number of halogens is 2. The fourth-order valence-electron chi connectivity index (χ4n) is 1.74. The van der Waals surface area contributed by atoms with Crippen LogP contribution < -0.4 is 5.32 Å². The van der Waals surface area contributed by atoms with E-state index in [1.165, 1.54) is 24.3 Å². The van der Waals surface area contributed by atoms with E-state index in [4.69, 9.17) is 11.6 Å². The Morgan fingerprint density at radius 2 is 1.85 bits per heavy atom. The normalized spacial score (nSPS) is 10.5. The van der Waals surface area contributed by atoms with Gasteiger partial charge in [0.15, 0.2) is 0 Å². The van der Waals surface area contributed by atoms with Crippen molar-refractivity contribution in [3.63, 3.8) is 0 Å². The van der Waals surface area contributed by atoms with Crippen LogP contribution in [-0.2, 0) is 13.1 Å². The summed E-state index contributed by atoms with van der Waals surface area (Å²) in [5.41, 5.74) is 1.70. The standard InChI is InChI=1S/C14H12ClFN2O2/c15-14-7-13(18(19)20)6-3-11(14)9-17-8-10-1-4-12(16)5-2-10/h1-7,17H,8-9H2. The lowest BCUT2D eigenvalue weighted by molar-refractivity contribution is -0.384. The van der Waals surface area contributed by atoms with Gasteiger partial charge in [0.2, 0.25) is 0 Å². The van der Waals surface area contributed by atoms with Crippen molar-refractivity contribution in [3.8, 4) is 0 Å². The number of hydrogen-bond acceptors (Lipinski definition) is 3. The van der Waals surface area contributed by atoms with Crippen molar-refractivity contribution < 1.29 is 9.31 Å². The van der Waals surface area contributed by atoms with Gasteiger partial charge in [-0.05, 0) is 29.3 Å². The van der Waals surface area contributed by atoms with Crippen LogP contribution in [0.4, 0.5) is 10.1 Å². The molecule has 20 heavy (non-hydrogen) atoms. The zero-order valence-electron chi connectivity index (χ0n) is 10.5. The van der Waals surface area contributed by atoms with Crippen LogP contribution in [0.25, 0.3) is 0 Å². The fraction of sp³-hybridized carbons (Fsp3) is 0.143. The number of nitrogens with one attached hydrogen (secondary N) is 1. The Labute approximate surface area is 120 Å². The minimum absolute atomic E-state index is 0.0303. The maximum atomic E-state index is 12.7. The van der Waals surface area contributed by atoms with Crippen LogP contribution in [0.1, 0.15) is 11.1 Å². The topological polar surface area (TPSA) is 55.2 Å². The lowest BCUT2D eigenvalue weighted by Crippen LogP contribution is -2.13. The number of non-ortho nitro benzene ring substituents is 1. The van der Waals surface area contributed by atoms with Crippen LogP contribution in [0.2, 0.25) is 5.02 Å². The number of nitro benzene ring substituents is 1. The van der Waals surface area contributed by atoms with Crippen molar-refractivity contribution in [1.29, 1.82) is 0 Å². The van der Waals surface area contributed by atoms with Crippen LogP contribution in [0.5, 0.6) is 0 Å². The summed E-state index contributed by atoms with van der Waals surface area (Å²) in [6.45, 7) is 1.04. The van der Waals surface area contributed by atoms with Crippen LogP contribution in [0, 0.1) is 15.9 Å². The molecule has 0 bridgehead atoms. The minimum Gasteiger partial charge on any atom is -0.309 e. The third-order valence-corrected chi connectivity index (χ3v) is 3.16. The van der Waals surface area contributed by atoms with Crippen molar-refractivity contribution in [3.05, 3.63) is 74.5 Å². The van der Waals surface area contributed by atoms with E-state index in [1.807, 2.05) is 0 Å². The smallest absolute Gasteiger partial charge is 0.270 e. The maximum absolute atomic E-state index is 12.7. The molecule has 0 aliphatic rings. The largest absolute Gasteiger partial charge is 0.309 e. The van der Waals surface area contributed by atoms with E-state index in [-0.39, 0.29) is 11.5 Å². The van der Waals surface area contributed by atoms with Crippen molar-refractivity contribution in [2.45, 2.75) is 13.1 Å². The Hall–Kier alpha value is -1.98. The molecule has 0 aliphatic carbocycles. The van der Waals surface area contributed by atoms with Gasteiger partial charge in [0.1, 0.15) is 5.82 Å². The van der Waals surface area contributed by atoms with E-state index in [2.05, 4.69) is 5.32 Å². The Balaban J connectivity index is 1.94. The quantitative estimate of drug-likeness (QED) is 0.676. The third kappa shape index (κ3) is 3.76. The summed E-state index contributed by atoms with van der Waals surface area (Å²) in [6.07, 6.45) is 0. The Bertz CT molecular complexity index is 617. The molecule has 104 valence electrons. The molecule has 0 unspecified atom stereocenters. The highest BCUT2D eigenvalue weighted by Gasteiger charge is 2.08. The van der Waals surface area contributed by atoms with Crippen molar-refractivity contribution in [2.24, 2.45) is 0 Å². The average molecular weight is 295 g/mol. The number of benzene rings is 2. The highest BCUT2D eigenvalue weighted by atomic mass is 35.5. The summed E-state index contributed by atoms with van der Waals surface area (Å²) in [5, 5.41) is 14.1. The first-order chi connectivity index (χ1) is 9.56. The van der Waals surface area contributed by atoms with E-state index in [9.17, 15) is 14.5 Å². The SMILES string of the molecule is O=[N+]([O-])c1ccc(CNCc2ccc(F)cc2)c(Cl)c1. The van der Waals surface area contributed by atoms with E-state index >= 15 is 0 Å². The zero-order chi connectivity index (χ0) is 14.5. The second-order valence-electron chi connectivity index (χ2n) is 4.26. The highest BCUT2D eigenvalue weighted by molar-refractivity contribution is 6.31. The molecule has 0 saturated carbocycles. The van der Waals surface area contributed by atoms with Crippen LogP contribution in [0.15, 0.2) is 42.5 Å². The number of nitrogens with zero attached hydrogens (tertiary/aromatic N) is 1. The first kappa shape index (κ1) is 14.4. The van der Waals surface area contributed by atoms with Crippen LogP contribution >= 0.6 is 11.6 Å². The molecule has 1 N–H and O–H groups in total. The summed E-state index contributed by atoms with van der Waals surface area (Å²) in [7, 11) is 0. The summed E-state index contributed by atoms with van der Waals surface area (Å²) >= 11 is 5.98. The van der Waals surface area contributed by atoms with Crippen molar-refractivity contribution in [2.75, 3.05) is 0 Å². The third-order valence-electron chi connectivity index (χ3n) is 2.81. The van der Waals surface area contributed by atoms with Gasteiger partial charge < -0.3 is 5.32 Å². The molecule has 0 radical (unpaired) electrons. The first-order valence-corrected chi connectivity index (χ1v) is 6.32. The predicted molar refractivity (Wildman–Crippen MR) is 75.1 cm³/mol. The Kier molecular flexibility index (Phi) is 4.65. The lowest BCUT2D eigenvalue weighted by Gasteiger charge is -2.07. The molecule has 2 aromatic carbocycles. The molecule has 2 aromatic rings. The molecule has 4 nitrogen and oxygen atoms in total. The zero-order valence-corrected chi connectivity index (χ0v) is 11.2. The monoisotopic (exact) mass is 294 g/mol. The summed E-state index contributed by atoms with van der Waals surface area (Å²) in [4.78, 5) is 10.1. The molecule has 0 spiro atoms. The van der Waals surface area contributed by atoms with Crippen molar-refractivity contribution >= 4 is 17.3 Å². The van der Waals surface area contributed by atoms with Gasteiger partial charge in [0, 0.05) is 25.2 Å². The molecule has 0 atom stereocenters. The summed E-state index contributed by atoms with van der Waals surface area (Å²) in [5.74, 6) is -0.271. The number of rotatable bonds is 5. The van der Waals surface area contributed by atoms with Gasteiger partial charge in [0.25, 0.3) is 5.69 Å². The van der Waals surface area contributed by atoms with E-state index in [0.717, 1.165) is 11.1 Å². The minimum atomic E-state index is -0.485. The molecular formula is C14H12ClFN2O2. The van der Waals surface area contributed by atoms with Gasteiger partial charge in [-0.25, -0.2) is 4.39 Å². The average Bonchev–Trinajstić information content (AvgIpc) is 2.42. The van der Waals surface area contributed by atoms with Crippen molar-refractivity contribution in [1.82, 2.24) is 5.32 Å². The van der Waals surface area contributed by atoms with Gasteiger partial charge in [-0.15, -0.1) is 0 Å². The molecule has 0 amide bonds. The van der Waals surface area contributed by atoms with Gasteiger partial charge >= 0.3 is 0 Å². The van der Waals surface area contributed by atoms with E-state index in [1.54, 1.807) is 18.2 Å². The predicted octanol–water partition coefficient (Wildman–Crippen LogP) is 3.68. The Morgan fingerprint density at radius 1 is 1.15 bits per heavy atom. The number of hydrogen-bond donors (Lipinski definition) is 1. The van der Waals surface area contributed by atoms with Crippen LogP contribution in [0.3, 0.4) is 0 Å². The molecule has 6 heteroatoms. The molecule has 0 aromatic heterocycles. The van der Waals surface area contributed by atoms with E-state index < -0.39 is 4.92 Å². The molecule has 0 heterocycles. The molecule has 0 saturated heterocycles. The fourth-order valence-corrected chi connectivity index (χ4v) is 1.98.